The Morgan fingerprint density at radius 2 is 2.19 bits per heavy atom. The van der Waals surface area contributed by atoms with Gasteiger partial charge in [-0.2, -0.15) is 0 Å². The van der Waals surface area contributed by atoms with E-state index in [1.807, 2.05) is 4.90 Å². The highest BCUT2D eigenvalue weighted by atomic mass is 16.3. The van der Waals surface area contributed by atoms with Crippen LogP contribution in [0.3, 0.4) is 0 Å². The highest BCUT2D eigenvalue weighted by Crippen LogP contribution is 2.21. The van der Waals surface area contributed by atoms with Gasteiger partial charge in [0.25, 0.3) is 0 Å². The minimum atomic E-state index is 0.0724. The summed E-state index contributed by atoms with van der Waals surface area (Å²) < 4.78 is 0. The molecule has 2 unspecified atom stereocenters. The van der Waals surface area contributed by atoms with Crippen LogP contribution in [-0.2, 0) is 4.79 Å². The van der Waals surface area contributed by atoms with Crippen LogP contribution in [0.2, 0.25) is 0 Å². The molecule has 2 aliphatic heterocycles. The molecule has 0 aromatic carbocycles. The quantitative estimate of drug-likeness (QED) is 0.715. The summed E-state index contributed by atoms with van der Waals surface area (Å²) in [4.78, 5) is 14.2. The van der Waals surface area contributed by atoms with Crippen molar-refractivity contribution in [2.75, 3.05) is 26.2 Å². The first-order valence-electron chi connectivity index (χ1n) is 6.45. The standard InChI is InChI=1S/C12H22N2O2/c15-9-11-5-1-2-7-14(11)12(16)10-4-3-6-13-8-10/h10-11,13,15H,1-9H2. The lowest BCUT2D eigenvalue weighted by Crippen LogP contribution is -2.50. The number of hydrogen-bond donors (Lipinski definition) is 2. The number of piperidine rings is 2. The molecule has 0 bridgehead atoms. The minimum absolute atomic E-state index is 0.0724. The SMILES string of the molecule is O=C(C1CCCNC1)N1CCCCC1CO. The molecule has 2 saturated heterocycles. The number of hydrogen-bond acceptors (Lipinski definition) is 3. The summed E-state index contributed by atoms with van der Waals surface area (Å²) in [6.07, 6.45) is 5.28. The Labute approximate surface area is 97.0 Å². The van der Waals surface area contributed by atoms with Crippen molar-refractivity contribution in [3.05, 3.63) is 0 Å². The molecule has 0 aliphatic carbocycles. The monoisotopic (exact) mass is 226 g/mol. The van der Waals surface area contributed by atoms with Gasteiger partial charge in [-0.05, 0) is 38.6 Å². The fourth-order valence-electron chi connectivity index (χ4n) is 2.78. The van der Waals surface area contributed by atoms with Crippen molar-refractivity contribution < 1.29 is 9.90 Å². The van der Waals surface area contributed by atoms with Crippen LogP contribution in [0.4, 0.5) is 0 Å². The number of carbonyl (C=O) groups excluding carboxylic acids is 1. The van der Waals surface area contributed by atoms with Crippen molar-refractivity contribution in [1.29, 1.82) is 0 Å². The maximum absolute atomic E-state index is 12.3. The molecular weight excluding hydrogens is 204 g/mol. The second-order valence-electron chi connectivity index (χ2n) is 4.91. The Balaban J connectivity index is 1.95. The molecule has 1 amide bonds. The topological polar surface area (TPSA) is 52.6 Å². The predicted molar refractivity (Wildman–Crippen MR) is 62.0 cm³/mol. The van der Waals surface area contributed by atoms with Crippen molar-refractivity contribution in [3.63, 3.8) is 0 Å². The number of nitrogens with zero attached hydrogens (tertiary/aromatic N) is 1. The molecule has 2 fully saturated rings. The lowest BCUT2D eigenvalue weighted by Gasteiger charge is -2.37. The number of aliphatic hydroxyl groups is 1. The third kappa shape index (κ3) is 2.55. The van der Waals surface area contributed by atoms with Crippen LogP contribution in [0.25, 0.3) is 0 Å². The van der Waals surface area contributed by atoms with Crippen molar-refractivity contribution in [2.24, 2.45) is 5.92 Å². The highest BCUT2D eigenvalue weighted by Gasteiger charge is 2.31. The van der Waals surface area contributed by atoms with E-state index in [-0.39, 0.29) is 24.5 Å². The van der Waals surface area contributed by atoms with Gasteiger partial charge >= 0.3 is 0 Å². The third-order valence-corrected chi connectivity index (χ3v) is 3.77. The number of aliphatic hydroxyl groups excluding tert-OH is 1. The maximum Gasteiger partial charge on any atom is 0.227 e. The van der Waals surface area contributed by atoms with Crippen LogP contribution in [-0.4, -0.2) is 48.2 Å². The van der Waals surface area contributed by atoms with Crippen LogP contribution in [0.1, 0.15) is 32.1 Å². The number of amides is 1. The molecule has 16 heavy (non-hydrogen) atoms. The summed E-state index contributed by atoms with van der Waals surface area (Å²) in [5.74, 6) is 0.395. The van der Waals surface area contributed by atoms with Crippen molar-refractivity contribution >= 4 is 5.91 Å². The molecule has 4 nitrogen and oxygen atoms in total. The summed E-state index contributed by atoms with van der Waals surface area (Å²) in [6.45, 7) is 2.80. The molecule has 4 heteroatoms. The van der Waals surface area contributed by atoms with Gasteiger partial charge in [-0.25, -0.2) is 0 Å². The van der Waals surface area contributed by atoms with Crippen LogP contribution in [0.15, 0.2) is 0 Å². The molecule has 0 saturated carbocycles. The first kappa shape index (κ1) is 11.9. The van der Waals surface area contributed by atoms with Crippen LogP contribution in [0.5, 0.6) is 0 Å². The number of rotatable bonds is 2. The lowest BCUT2D eigenvalue weighted by molar-refractivity contribution is -0.140. The summed E-state index contributed by atoms with van der Waals surface area (Å²) in [5.41, 5.74) is 0. The zero-order valence-corrected chi connectivity index (χ0v) is 9.82. The number of likely N-dealkylation sites (tertiary alicyclic amines) is 1. The van der Waals surface area contributed by atoms with Gasteiger partial charge in [0.15, 0.2) is 0 Å². The van der Waals surface area contributed by atoms with Gasteiger partial charge in [-0.1, -0.05) is 0 Å². The zero-order chi connectivity index (χ0) is 11.4. The molecule has 2 atom stereocenters. The molecule has 0 aromatic rings. The van der Waals surface area contributed by atoms with Crippen molar-refractivity contribution in [3.8, 4) is 0 Å². The molecule has 2 N–H and O–H groups in total. The largest absolute Gasteiger partial charge is 0.394 e. The first-order chi connectivity index (χ1) is 7.83. The Morgan fingerprint density at radius 3 is 2.88 bits per heavy atom. The molecule has 2 heterocycles. The van der Waals surface area contributed by atoms with Crippen LogP contribution in [0, 0.1) is 5.92 Å². The second kappa shape index (κ2) is 5.64. The molecule has 0 aromatic heterocycles. The fourth-order valence-corrected chi connectivity index (χ4v) is 2.78. The summed E-state index contributed by atoms with van der Waals surface area (Å²) in [5, 5.41) is 12.6. The van der Waals surface area contributed by atoms with E-state index < -0.39 is 0 Å². The number of carbonyl (C=O) groups is 1. The van der Waals surface area contributed by atoms with Gasteiger partial charge in [-0.15, -0.1) is 0 Å². The van der Waals surface area contributed by atoms with E-state index in [4.69, 9.17) is 0 Å². The lowest BCUT2D eigenvalue weighted by atomic mass is 9.95. The Kier molecular flexibility index (Phi) is 4.18. The van der Waals surface area contributed by atoms with E-state index in [1.165, 1.54) is 0 Å². The van der Waals surface area contributed by atoms with Gasteiger partial charge in [0, 0.05) is 13.1 Å². The smallest absolute Gasteiger partial charge is 0.227 e. The molecule has 2 aliphatic rings. The van der Waals surface area contributed by atoms with E-state index in [0.29, 0.717) is 0 Å². The molecule has 0 radical (unpaired) electrons. The minimum Gasteiger partial charge on any atom is -0.394 e. The van der Waals surface area contributed by atoms with E-state index in [9.17, 15) is 9.90 Å². The first-order valence-corrected chi connectivity index (χ1v) is 6.45. The van der Waals surface area contributed by atoms with Gasteiger partial charge in [0.2, 0.25) is 5.91 Å². The molecular formula is C12H22N2O2. The van der Waals surface area contributed by atoms with E-state index in [2.05, 4.69) is 5.32 Å². The van der Waals surface area contributed by atoms with Gasteiger partial charge in [0.1, 0.15) is 0 Å². The number of nitrogens with one attached hydrogen (secondary N) is 1. The van der Waals surface area contributed by atoms with E-state index in [1.54, 1.807) is 0 Å². The average Bonchev–Trinajstić information content (AvgIpc) is 2.39. The van der Waals surface area contributed by atoms with E-state index >= 15 is 0 Å². The Bertz CT molecular complexity index is 239. The summed E-state index contributed by atoms with van der Waals surface area (Å²) >= 11 is 0. The fraction of sp³-hybridized carbons (Fsp3) is 0.917. The predicted octanol–water partition coefficient (Wildman–Crippen LogP) is 0.359. The van der Waals surface area contributed by atoms with Crippen LogP contribution < -0.4 is 5.32 Å². The average molecular weight is 226 g/mol. The van der Waals surface area contributed by atoms with Crippen molar-refractivity contribution in [2.45, 2.75) is 38.1 Å². The second-order valence-corrected chi connectivity index (χ2v) is 4.91. The highest BCUT2D eigenvalue weighted by molar-refractivity contribution is 5.79. The van der Waals surface area contributed by atoms with Gasteiger partial charge in [-0.3, -0.25) is 4.79 Å². The Hall–Kier alpha value is -0.610. The molecule has 92 valence electrons. The zero-order valence-electron chi connectivity index (χ0n) is 9.82. The summed E-state index contributed by atoms with van der Waals surface area (Å²) in [7, 11) is 0. The maximum atomic E-state index is 12.3. The van der Waals surface area contributed by atoms with E-state index in [0.717, 1.165) is 51.7 Å². The molecule has 2 rings (SSSR count). The normalized spacial score (nSPS) is 31.4. The van der Waals surface area contributed by atoms with Crippen LogP contribution >= 0.6 is 0 Å². The summed E-state index contributed by atoms with van der Waals surface area (Å²) in [6, 6.07) is 0.0724. The van der Waals surface area contributed by atoms with Gasteiger partial charge in [0.05, 0.1) is 18.6 Å². The van der Waals surface area contributed by atoms with Gasteiger partial charge < -0.3 is 15.3 Å². The molecule has 0 spiro atoms. The third-order valence-electron chi connectivity index (χ3n) is 3.77. The van der Waals surface area contributed by atoms with Crippen molar-refractivity contribution in [1.82, 2.24) is 10.2 Å². The Morgan fingerprint density at radius 1 is 1.31 bits per heavy atom.